The summed E-state index contributed by atoms with van der Waals surface area (Å²) in [5.74, 6) is 1.29. The van der Waals surface area contributed by atoms with Crippen LogP contribution in [0.25, 0.3) is 15.8 Å². The maximum atomic E-state index is 12.9. The van der Waals surface area contributed by atoms with Gasteiger partial charge in [0.15, 0.2) is 0 Å². The Bertz CT molecular complexity index is 1040. The largest absolute Gasteiger partial charge is 0.416 e. The fraction of sp³-hybridized carbons (Fsp3) is 0.300. The Morgan fingerprint density at radius 1 is 1.21 bits per heavy atom. The zero-order valence-corrected chi connectivity index (χ0v) is 16.0. The molecule has 1 aromatic carbocycles. The van der Waals surface area contributed by atoms with E-state index in [1.54, 1.807) is 17.4 Å². The van der Waals surface area contributed by atoms with Crippen molar-refractivity contribution in [2.75, 3.05) is 18.4 Å². The number of aryl methyl sites for hydroxylation is 1. The van der Waals surface area contributed by atoms with Crippen LogP contribution in [0, 0.1) is 6.92 Å². The van der Waals surface area contributed by atoms with Gasteiger partial charge in [0.2, 0.25) is 0 Å². The first kappa shape index (κ1) is 18.9. The fourth-order valence-electron chi connectivity index (χ4n) is 3.21. The van der Waals surface area contributed by atoms with Crippen LogP contribution >= 0.6 is 11.3 Å². The predicted molar refractivity (Wildman–Crippen MR) is 106 cm³/mol. The van der Waals surface area contributed by atoms with Gasteiger partial charge < -0.3 is 10.6 Å². The summed E-state index contributed by atoms with van der Waals surface area (Å²) < 4.78 is 39.7. The number of nitrogens with one attached hydrogen (secondary N) is 2. The van der Waals surface area contributed by atoms with Crippen LogP contribution in [0.15, 0.2) is 36.4 Å². The molecular weight excluding hydrogens is 385 g/mol. The molecule has 3 heterocycles. The van der Waals surface area contributed by atoms with Crippen molar-refractivity contribution < 1.29 is 13.2 Å². The third kappa shape index (κ3) is 4.02. The predicted octanol–water partition coefficient (Wildman–Crippen LogP) is 5.01. The zero-order valence-electron chi connectivity index (χ0n) is 15.2. The molecule has 0 unspecified atom stereocenters. The summed E-state index contributed by atoms with van der Waals surface area (Å²) in [6, 6.07) is 7.41. The molecular formula is C20H19F3N4S. The number of hydrogen-bond acceptors (Lipinski definition) is 5. The van der Waals surface area contributed by atoms with E-state index < -0.39 is 11.7 Å². The molecule has 2 N–H and O–H groups in total. The molecule has 2 aromatic heterocycles. The van der Waals surface area contributed by atoms with Crippen molar-refractivity contribution in [1.29, 1.82) is 0 Å². The molecule has 0 amide bonds. The van der Waals surface area contributed by atoms with E-state index in [-0.39, 0.29) is 6.54 Å². The van der Waals surface area contributed by atoms with Crippen LogP contribution < -0.4 is 10.6 Å². The lowest BCUT2D eigenvalue weighted by Crippen LogP contribution is -2.19. The third-order valence-corrected chi connectivity index (χ3v) is 5.78. The molecule has 0 fully saturated rings. The van der Waals surface area contributed by atoms with Crippen LogP contribution in [0.3, 0.4) is 0 Å². The summed E-state index contributed by atoms with van der Waals surface area (Å²) in [5.41, 5.74) is 2.06. The Kier molecular flexibility index (Phi) is 5.07. The quantitative estimate of drug-likeness (QED) is 0.642. The minimum Gasteiger partial charge on any atom is -0.365 e. The average molecular weight is 404 g/mol. The molecule has 0 bridgehead atoms. The second-order valence-corrected chi connectivity index (χ2v) is 7.73. The molecule has 3 aromatic rings. The topological polar surface area (TPSA) is 49.8 Å². The highest BCUT2D eigenvalue weighted by molar-refractivity contribution is 7.20. The summed E-state index contributed by atoms with van der Waals surface area (Å²) >= 11 is 1.62. The van der Waals surface area contributed by atoms with Crippen LogP contribution in [0.5, 0.6) is 0 Å². The van der Waals surface area contributed by atoms with Gasteiger partial charge in [-0.25, -0.2) is 9.97 Å². The molecule has 0 saturated heterocycles. The number of anilines is 1. The van der Waals surface area contributed by atoms with E-state index in [0.717, 1.165) is 41.9 Å². The zero-order chi connectivity index (χ0) is 19.7. The highest BCUT2D eigenvalue weighted by Gasteiger charge is 2.30. The van der Waals surface area contributed by atoms with Crippen LogP contribution in [0.4, 0.5) is 19.0 Å². The average Bonchev–Trinajstić information content (AvgIpc) is 3.10. The molecule has 4 rings (SSSR count). The molecule has 0 spiro atoms. The van der Waals surface area contributed by atoms with E-state index in [9.17, 15) is 13.2 Å². The summed E-state index contributed by atoms with van der Waals surface area (Å²) in [6.07, 6.45) is -1.20. The van der Waals surface area contributed by atoms with Crippen molar-refractivity contribution >= 4 is 32.9 Å². The highest BCUT2D eigenvalue weighted by atomic mass is 32.1. The number of benzene rings is 1. The first-order valence-corrected chi connectivity index (χ1v) is 9.80. The molecule has 0 saturated carbocycles. The van der Waals surface area contributed by atoms with Crippen molar-refractivity contribution in [3.8, 4) is 0 Å². The Balaban J connectivity index is 1.62. The normalized spacial score (nSPS) is 14.9. The number of aromatic nitrogens is 2. The Labute approximate surface area is 164 Å². The van der Waals surface area contributed by atoms with Gasteiger partial charge in [0.1, 0.15) is 11.6 Å². The van der Waals surface area contributed by atoms with Crippen molar-refractivity contribution in [3.05, 3.63) is 58.2 Å². The van der Waals surface area contributed by atoms with Gasteiger partial charge >= 0.3 is 6.18 Å². The molecule has 0 radical (unpaired) electrons. The van der Waals surface area contributed by atoms with Gasteiger partial charge in [0, 0.05) is 18.0 Å². The molecule has 146 valence electrons. The monoisotopic (exact) mass is 404 g/mol. The molecule has 1 aliphatic heterocycles. The number of thiophene rings is 1. The van der Waals surface area contributed by atoms with Crippen LogP contribution in [-0.2, 0) is 12.7 Å². The molecule has 8 heteroatoms. The fourth-order valence-corrected chi connectivity index (χ4v) is 4.34. The number of rotatable bonds is 4. The van der Waals surface area contributed by atoms with Crippen molar-refractivity contribution in [2.45, 2.75) is 26.1 Å². The van der Waals surface area contributed by atoms with E-state index in [4.69, 9.17) is 0 Å². The lowest BCUT2D eigenvalue weighted by atomic mass is 10.1. The van der Waals surface area contributed by atoms with Crippen molar-refractivity contribution in [1.82, 2.24) is 15.3 Å². The minimum absolute atomic E-state index is 0.259. The highest BCUT2D eigenvalue weighted by Crippen LogP contribution is 2.35. The molecule has 0 atom stereocenters. The van der Waals surface area contributed by atoms with Crippen LogP contribution in [0.2, 0.25) is 0 Å². The summed E-state index contributed by atoms with van der Waals surface area (Å²) in [7, 11) is 0. The molecule has 4 nitrogen and oxygen atoms in total. The maximum Gasteiger partial charge on any atom is 0.416 e. The summed E-state index contributed by atoms with van der Waals surface area (Å²) in [4.78, 5) is 10.2. The lowest BCUT2D eigenvalue weighted by Gasteiger charge is -2.12. The Morgan fingerprint density at radius 2 is 2.07 bits per heavy atom. The number of nitrogens with zero attached hydrogens (tertiary/aromatic N) is 2. The first-order valence-electron chi connectivity index (χ1n) is 8.98. The standard InChI is InChI=1S/C20H19F3N4S/c1-12-26-16-10-17(14-5-7-24-8-6-14)28-18(16)19(27-12)25-11-13-3-2-4-15(9-13)20(21,22)23/h2-5,9-10,24H,6-8,11H2,1H3,(H,25,26,27). The van der Waals surface area contributed by atoms with Crippen molar-refractivity contribution in [3.63, 3.8) is 0 Å². The Hall–Kier alpha value is -2.45. The van der Waals surface area contributed by atoms with Gasteiger partial charge in [-0.15, -0.1) is 11.3 Å². The van der Waals surface area contributed by atoms with Gasteiger partial charge in [0.05, 0.1) is 15.8 Å². The van der Waals surface area contributed by atoms with Crippen molar-refractivity contribution in [2.24, 2.45) is 0 Å². The lowest BCUT2D eigenvalue weighted by molar-refractivity contribution is -0.137. The Morgan fingerprint density at radius 3 is 2.82 bits per heavy atom. The summed E-state index contributed by atoms with van der Waals surface area (Å²) in [5, 5.41) is 6.50. The smallest absolute Gasteiger partial charge is 0.365 e. The molecule has 0 aliphatic carbocycles. The number of alkyl halides is 3. The number of hydrogen-bond donors (Lipinski definition) is 2. The molecule has 28 heavy (non-hydrogen) atoms. The van der Waals surface area contributed by atoms with E-state index in [1.165, 1.54) is 16.5 Å². The van der Waals surface area contributed by atoms with Gasteiger partial charge in [-0.05, 0) is 49.2 Å². The van der Waals surface area contributed by atoms with E-state index in [1.807, 2.05) is 6.92 Å². The summed E-state index contributed by atoms with van der Waals surface area (Å²) in [6.45, 7) is 3.88. The van der Waals surface area contributed by atoms with Crippen LogP contribution in [-0.4, -0.2) is 23.1 Å². The van der Waals surface area contributed by atoms with Gasteiger partial charge in [-0.1, -0.05) is 18.2 Å². The van der Waals surface area contributed by atoms with E-state index >= 15 is 0 Å². The maximum absolute atomic E-state index is 12.9. The SMILES string of the molecule is Cc1nc(NCc2cccc(C(F)(F)F)c2)c2sc(C3=CCNCC3)cc2n1. The van der Waals surface area contributed by atoms with Gasteiger partial charge in [-0.2, -0.15) is 13.2 Å². The minimum atomic E-state index is -4.35. The van der Waals surface area contributed by atoms with E-state index in [0.29, 0.717) is 17.2 Å². The molecule has 1 aliphatic rings. The van der Waals surface area contributed by atoms with Gasteiger partial charge in [0.25, 0.3) is 0 Å². The number of halogens is 3. The van der Waals surface area contributed by atoms with Crippen LogP contribution in [0.1, 0.15) is 28.2 Å². The second-order valence-electron chi connectivity index (χ2n) is 6.68. The van der Waals surface area contributed by atoms with E-state index in [2.05, 4.69) is 32.7 Å². The third-order valence-electron chi connectivity index (χ3n) is 4.58. The first-order chi connectivity index (χ1) is 13.4. The van der Waals surface area contributed by atoms with Gasteiger partial charge in [-0.3, -0.25) is 0 Å². The second kappa shape index (κ2) is 7.52. The number of fused-ring (bicyclic) bond motifs is 1.